The molecule has 1 saturated heterocycles. The van der Waals surface area contributed by atoms with Crippen LogP contribution in [-0.4, -0.2) is 49.1 Å². The topological polar surface area (TPSA) is 81.5 Å². The number of sulfone groups is 1. The molecule has 0 unspecified atom stereocenters. The number of benzene rings is 1. The molecule has 1 aromatic carbocycles. The molecule has 0 radical (unpaired) electrons. The Labute approximate surface area is 197 Å². The number of anilines is 1. The van der Waals surface area contributed by atoms with E-state index in [-0.39, 0.29) is 23.5 Å². The molecule has 2 aliphatic rings. The first-order chi connectivity index (χ1) is 15.4. The van der Waals surface area contributed by atoms with E-state index >= 15 is 0 Å². The molecule has 12 heteroatoms. The SMILES string of the molecule is COC(=O)[C@@H]1C[C@@H](S(=O)(=O)c2ccc(Br)cc2C(F)(F)F)CN1c1cc(C)nn1C1CCC1. The fourth-order valence-corrected chi connectivity index (χ4v) is 6.66. The van der Waals surface area contributed by atoms with Crippen LogP contribution in [0.1, 0.15) is 43.0 Å². The molecule has 180 valence electrons. The summed E-state index contributed by atoms with van der Waals surface area (Å²) in [5.74, 6) is -0.0595. The fourth-order valence-electron chi connectivity index (χ4n) is 4.40. The number of aryl methyl sites for hydroxylation is 1. The number of nitrogens with zero attached hydrogens (tertiary/aromatic N) is 3. The van der Waals surface area contributed by atoms with Gasteiger partial charge in [0.25, 0.3) is 0 Å². The normalized spacial score (nSPS) is 21.8. The number of carbonyl (C=O) groups excluding carboxylic acids is 1. The minimum Gasteiger partial charge on any atom is -0.467 e. The monoisotopic (exact) mass is 549 g/mol. The van der Waals surface area contributed by atoms with Crippen molar-refractivity contribution >= 4 is 37.6 Å². The first-order valence-corrected chi connectivity index (χ1v) is 12.8. The highest BCUT2D eigenvalue weighted by Crippen LogP contribution is 2.41. The second-order valence-electron chi connectivity index (χ2n) is 8.41. The number of halogens is 4. The summed E-state index contributed by atoms with van der Waals surface area (Å²) in [6.07, 6.45) is -2.16. The molecule has 2 atom stereocenters. The molecule has 1 aliphatic heterocycles. The third-order valence-corrected chi connectivity index (χ3v) is 8.96. The maximum Gasteiger partial charge on any atom is 0.417 e. The summed E-state index contributed by atoms with van der Waals surface area (Å²) in [6, 6.07) is 3.94. The molecule has 0 bridgehead atoms. The third kappa shape index (κ3) is 4.39. The van der Waals surface area contributed by atoms with Gasteiger partial charge in [-0.15, -0.1) is 0 Å². The van der Waals surface area contributed by atoms with E-state index in [9.17, 15) is 26.4 Å². The molecule has 2 aromatic rings. The van der Waals surface area contributed by atoms with Crippen LogP contribution in [0.25, 0.3) is 0 Å². The number of rotatable bonds is 5. The van der Waals surface area contributed by atoms with E-state index < -0.39 is 43.7 Å². The summed E-state index contributed by atoms with van der Waals surface area (Å²) >= 11 is 2.98. The van der Waals surface area contributed by atoms with E-state index in [1.54, 1.807) is 22.6 Å². The van der Waals surface area contributed by atoms with E-state index in [0.29, 0.717) is 11.5 Å². The van der Waals surface area contributed by atoms with Crippen LogP contribution in [0.2, 0.25) is 0 Å². The molecule has 0 amide bonds. The smallest absolute Gasteiger partial charge is 0.417 e. The highest BCUT2D eigenvalue weighted by Gasteiger charge is 2.48. The van der Waals surface area contributed by atoms with Crippen LogP contribution in [0.15, 0.2) is 33.6 Å². The minimum atomic E-state index is -4.85. The highest BCUT2D eigenvalue weighted by molar-refractivity contribution is 9.10. The molecular weight excluding hydrogens is 527 g/mol. The first-order valence-electron chi connectivity index (χ1n) is 10.4. The van der Waals surface area contributed by atoms with Crippen molar-refractivity contribution in [2.45, 2.75) is 61.0 Å². The van der Waals surface area contributed by atoms with Crippen LogP contribution in [0.4, 0.5) is 19.0 Å². The summed E-state index contributed by atoms with van der Waals surface area (Å²) < 4.78 is 74.6. The van der Waals surface area contributed by atoms with E-state index in [0.717, 1.165) is 31.4 Å². The average molecular weight is 550 g/mol. The molecule has 1 aromatic heterocycles. The Morgan fingerprint density at radius 3 is 2.52 bits per heavy atom. The molecule has 2 fully saturated rings. The summed E-state index contributed by atoms with van der Waals surface area (Å²) in [6.45, 7) is 1.65. The molecular formula is C21H23BrF3N3O4S. The van der Waals surface area contributed by atoms with Crippen LogP contribution < -0.4 is 4.90 Å². The van der Waals surface area contributed by atoms with Crippen molar-refractivity contribution in [2.75, 3.05) is 18.6 Å². The van der Waals surface area contributed by atoms with Gasteiger partial charge in [0, 0.05) is 17.1 Å². The lowest BCUT2D eigenvalue weighted by Crippen LogP contribution is -2.39. The van der Waals surface area contributed by atoms with E-state index in [4.69, 9.17) is 4.74 Å². The number of hydrogen-bond donors (Lipinski definition) is 0. The van der Waals surface area contributed by atoms with Crippen LogP contribution in [-0.2, 0) is 25.5 Å². The zero-order valence-electron chi connectivity index (χ0n) is 18.0. The van der Waals surface area contributed by atoms with Crippen LogP contribution in [0.5, 0.6) is 0 Å². The van der Waals surface area contributed by atoms with Gasteiger partial charge in [0.15, 0.2) is 9.84 Å². The molecule has 0 N–H and O–H groups in total. The lowest BCUT2D eigenvalue weighted by atomic mass is 9.93. The number of aromatic nitrogens is 2. The van der Waals surface area contributed by atoms with Gasteiger partial charge in [-0.25, -0.2) is 17.9 Å². The molecule has 33 heavy (non-hydrogen) atoms. The van der Waals surface area contributed by atoms with Gasteiger partial charge in [-0.2, -0.15) is 18.3 Å². The predicted octanol–water partition coefficient (Wildman–Crippen LogP) is 4.29. The molecule has 4 rings (SSSR count). The Balaban J connectivity index is 1.75. The first kappa shape index (κ1) is 24.1. The largest absolute Gasteiger partial charge is 0.467 e. The van der Waals surface area contributed by atoms with Gasteiger partial charge in [0.05, 0.1) is 34.6 Å². The van der Waals surface area contributed by atoms with E-state index in [1.165, 1.54) is 13.2 Å². The second-order valence-corrected chi connectivity index (χ2v) is 11.5. The third-order valence-electron chi connectivity index (χ3n) is 6.28. The van der Waals surface area contributed by atoms with Crippen molar-refractivity contribution in [3.63, 3.8) is 0 Å². The Morgan fingerprint density at radius 1 is 1.24 bits per heavy atom. The Bertz CT molecular complexity index is 1180. The van der Waals surface area contributed by atoms with Gasteiger partial charge in [-0.05, 0) is 50.8 Å². The van der Waals surface area contributed by atoms with Crippen molar-refractivity contribution < 1.29 is 31.1 Å². The van der Waals surface area contributed by atoms with Crippen molar-refractivity contribution in [1.82, 2.24) is 9.78 Å². The van der Waals surface area contributed by atoms with Crippen LogP contribution >= 0.6 is 15.9 Å². The fraction of sp³-hybridized carbons (Fsp3) is 0.524. The van der Waals surface area contributed by atoms with Gasteiger partial charge in [0.2, 0.25) is 0 Å². The number of methoxy groups -OCH3 is 1. The van der Waals surface area contributed by atoms with Crippen molar-refractivity contribution in [3.05, 3.63) is 40.0 Å². The maximum absolute atomic E-state index is 13.7. The second kappa shape index (κ2) is 8.61. The molecule has 7 nitrogen and oxygen atoms in total. The summed E-state index contributed by atoms with van der Waals surface area (Å²) in [5, 5.41) is 3.29. The number of esters is 1. The zero-order chi connectivity index (χ0) is 24.1. The molecule has 0 spiro atoms. The number of hydrogen-bond acceptors (Lipinski definition) is 6. The number of ether oxygens (including phenoxy) is 1. The predicted molar refractivity (Wildman–Crippen MR) is 118 cm³/mol. The Kier molecular flexibility index (Phi) is 6.27. The minimum absolute atomic E-state index is 0.120. The maximum atomic E-state index is 13.7. The van der Waals surface area contributed by atoms with E-state index in [2.05, 4.69) is 21.0 Å². The quantitative estimate of drug-likeness (QED) is 0.517. The Morgan fingerprint density at radius 2 is 1.94 bits per heavy atom. The molecule has 1 saturated carbocycles. The molecule has 2 heterocycles. The average Bonchev–Trinajstić information content (AvgIpc) is 3.29. The lowest BCUT2D eigenvalue weighted by Gasteiger charge is -2.32. The highest BCUT2D eigenvalue weighted by atomic mass is 79.9. The number of carbonyl (C=O) groups is 1. The molecule has 1 aliphatic carbocycles. The van der Waals surface area contributed by atoms with Gasteiger partial charge in [0.1, 0.15) is 11.9 Å². The van der Waals surface area contributed by atoms with Crippen molar-refractivity contribution in [2.24, 2.45) is 0 Å². The van der Waals surface area contributed by atoms with Crippen LogP contribution in [0.3, 0.4) is 0 Å². The van der Waals surface area contributed by atoms with Gasteiger partial charge in [-0.1, -0.05) is 15.9 Å². The van der Waals surface area contributed by atoms with Crippen molar-refractivity contribution in [1.29, 1.82) is 0 Å². The summed E-state index contributed by atoms with van der Waals surface area (Å²) in [7, 11) is -3.22. The van der Waals surface area contributed by atoms with Crippen molar-refractivity contribution in [3.8, 4) is 0 Å². The van der Waals surface area contributed by atoms with Gasteiger partial charge >= 0.3 is 12.1 Å². The van der Waals surface area contributed by atoms with Gasteiger partial charge < -0.3 is 9.64 Å². The number of alkyl halides is 3. The lowest BCUT2D eigenvalue weighted by molar-refractivity contribution is -0.142. The van der Waals surface area contributed by atoms with Crippen LogP contribution in [0, 0.1) is 6.92 Å². The summed E-state index contributed by atoms with van der Waals surface area (Å²) in [4.78, 5) is 13.4. The zero-order valence-corrected chi connectivity index (χ0v) is 20.4. The van der Waals surface area contributed by atoms with Gasteiger partial charge in [-0.3, -0.25) is 0 Å². The van der Waals surface area contributed by atoms with E-state index in [1.807, 2.05) is 0 Å². The standard InChI is InChI=1S/C21H23BrF3N3O4S/c1-12-8-19(28(26-12)14-4-3-5-14)27-11-15(10-17(27)20(29)32-2)33(30,31)18-7-6-13(22)9-16(18)21(23,24)25/h6-9,14-15,17H,3-5,10-11H2,1-2H3/t15-,17+/m1/s1. The Hall–Kier alpha value is -2.08. The summed E-state index contributed by atoms with van der Waals surface area (Å²) in [5.41, 5.74) is -0.528.